The van der Waals surface area contributed by atoms with E-state index in [2.05, 4.69) is 26.1 Å². The molecule has 16 heavy (non-hydrogen) atoms. The van der Waals surface area contributed by atoms with Gasteiger partial charge >= 0.3 is 0 Å². The molecule has 1 rings (SSSR count). The maximum Gasteiger partial charge on any atom is 0.224 e. The highest BCUT2D eigenvalue weighted by Gasteiger charge is 2.20. The van der Waals surface area contributed by atoms with Gasteiger partial charge < -0.3 is 5.32 Å². The van der Waals surface area contributed by atoms with Gasteiger partial charge in [0.15, 0.2) is 0 Å². The molecule has 0 heterocycles. The van der Waals surface area contributed by atoms with E-state index in [9.17, 15) is 4.79 Å². The summed E-state index contributed by atoms with van der Waals surface area (Å²) in [4.78, 5) is 11.8. The third-order valence-electron chi connectivity index (χ3n) is 2.62. The maximum atomic E-state index is 11.8. The SMILES string of the molecule is CCCC(C)(C)CC(=O)Nc1ccccc1. The first kappa shape index (κ1) is 12.8. The first-order chi connectivity index (χ1) is 7.53. The van der Waals surface area contributed by atoms with Gasteiger partial charge in [-0.15, -0.1) is 0 Å². The molecule has 1 N–H and O–H groups in total. The van der Waals surface area contributed by atoms with Crippen molar-refractivity contribution in [2.75, 3.05) is 5.32 Å². The van der Waals surface area contributed by atoms with Crippen LogP contribution in [0.25, 0.3) is 0 Å². The number of carbonyl (C=O) groups excluding carboxylic acids is 1. The molecule has 0 aromatic heterocycles. The number of nitrogens with one attached hydrogen (secondary N) is 1. The van der Waals surface area contributed by atoms with Gasteiger partial charge in [-0.3, -0.25) is 4.79 Å². The Morgan fingerprint density at radius 2 is 1.88 bits per heavy atom. The number of para-hydroxylation sites is 1. The zero-order valence-electron chi connectivity index (χ0n) is 10.4. The van der Waals surface area contributed by atoms with Crippen LogP contribution in [0.3, 0.4) is 0 Å². The summed E-state index contributed by atoms with van der Waals surface area (Å²) < 4.78 is 0. The van der Waals surface area contributed by atoms with Gasteiger partial charge in [0.05, 0.1) is 0 Å². The van der Waals surface area contributed by atoms with E-state index in [-0.39, 0.29) is 11.3 Å². The second-order valence-corrected chi connectivity index (χ2v) is 5.01. The third-order valence-corrected chi connectivity index (χ3v) is 2.62. The van der Waals surface area contributed by atoms with E-state index in [0.29, 0.717) is 6.42 Å². The molecule has 0 unspecified atom stereocenters. The molecule has 0 atom stereocenters. The summed E-state index contributed by atoms with van der Waals surface area (Å²) in [6.07, 6.45) is 2.77. The van der Waals surface area contributed by atoms with Gasteiger partial charge in [0, 0.05) is 12.1 Å². The van der Waals surface area contributed by atoms with E-state index in [4.69, 9.17) is 0 Å². The van der Waals surface area contributed by atoms with Crippen molar-refractivity contribution in [1.29, 1.82) is 0 Å². The number of amides is 1. The molecule has 0 aliphatic carbocycles. The Bertz CT molecular complexity index is 330. The Kier molecular flexibility index (Phi) is 4.53. The van der Waals surface area contributed by atoms with Crippen molar-refractivity contribution in [1.82, 2.24) is 0 Å². The standard InChI is InChI=1S/C14H21NO/c1-4-10-14(2,3)11-13(16)15-12-8-6-5-7-9-12/h5-9H,4,10-11H2,1-3H3,(H,15,16). The van der Waals surface area contributed by atoms with Crippen molar-refractivity contribution in [2.24, 2.45) is 5.41 Å². The minimum absolute atomic E-state index is 0.0909. The second-order valence-electron chi connectivity index (χ2n) is 5.01. The van der Waals surface area contributed by atoms with E-state index in [0.717, 1.165) is 18.5 Å². The third kappa shape index (κ3) is 4.47. The van der Waals surface area contributed by atoms with E-state index in [1.807, 2.05) is 30.3 Å². The molecule has 1 amide bonds. The van der Waals surface area contributed by atoms with Crippen LogP contribution >= 0.6 is 0 Å². The van der Waals surface area contributed by atoms with E-state index >= 15 is 0 Å². The minimum Gasteiger partial charge on any atom is -0.326 e. The van der Waals surface area contributed by atoms with Crippen molar-refractivity contribution in [3.8, 4) is 0 Å². The average molecular weight is 219 g/mol. The lowest BCUT2D eigenvalue weighted by molar-refractivity contribution is -0.118. The predicted octanol–water partition coefficient (Wildman–Crippen LogP) is 3.84. The molecule has 2 heteroatoms. The summed E-state index contributed by atoms with van der Waals surface area (Å²) >= 11 is 0. The fourth-order valence-corrected chi connectivity index (χ4v) is 1.93. The predicted molar refractivity (Wildman–Crippen MR) is 68.4 cm³/mol. The summed E-state index contributed by atoms with van der Waals surface area (Å²) in [7, 11) is 0. The van der Waals surface area contributed by atoms with Crippen LogP contribution in [0.4, 0.5) is 5.69 Å². The van der Waals surface area contributed by atoms with Crippen molar-refractivity contribution in [3.05, 3.63) is 30.3 Å². The van der Waals surface area contributed by atoms with Crippen molar-refractivity contribution in [2.45, 2.75) is 40.0 Å². The second kappa shape index (κ2) is 5.69. The summed E-state index contributed by atoms with van der Waals surface area (Å²) in [5.41, 5.74) is 0.966. The molecule has 0 aliphatic rings. The van der Waals surface area contributed by atoms with Crippen LogP contribution in [0, 0.1) is 5.41 Å². The van der Waals surface area contributed by atoms with Crippen LogP contribution in [0.15, 0.2) is 30.3 Å². The van der Waals surface area contributed by atoms with Crippen molar-refractivity contribution >= 4 is 11.6 Å². The number of anilines is 1. The minimum atomic E-state index is 0.0909. The summed E-state index contributed by atoms with van der Waals surface area (Å²) in [6, 6.07) is 9.60. The molecule has 0 aliphatic heterocycles. The zero-order valence-corrected chi connectivity index (χ0v) is 10.4. The lowest BCUT2D eigenvalue weighted by Crippen LogP contribution is -2.22. The van der Waals surface area contributed by atoms with Crippen LogP contribution in [-0.2, 0) is 4.79 Å². The van der Waals surface area contributed by atoms with Crippen molar-refractivity contribution < 1.29 is 4.79 Å². The lowest BCUT2D eigenvalue weighted by atomic mass is 9.84. The van der Waals surface area contributed by atoms with Crippen molar-refractivity contribution in [3.63, 3.8) is 0 Å². The number of carbonyl (C=O) groups is 1. The Balaban J connectivity index is 2.48. The Morgan fingerprint density at radius 3 is 2.44 bits per heavy atom. The first-order valence-corrected chi connectivity index (χ1v) is 5.88. The molecular weight excluding hydrogens is 198 g/mol. The van der Waals surface area contributed by atoms with E-state index in [1.165, 1.54) is 0 Å². The fourth-order valence-electron chi connectivity index (χ4n) is 1.93. The summed E-state index contributed by atoms with van der Waals surface area (Å²) in [6.45, 7) is 6.43. The largest absolute Gasteiger partial charge is 0.326 e. The first-order valence-electron chi connectivity index (χ1n) is 5.88. The summed E-state index contributed by atoms with van der Waals surface area (Å²) in [5.74, 6) is 0.102. The van der Waals surface area contributed by atoms with Gasteiger partial charge in [-0.2, -0.15) is 0 Å². The molecule has 1 aromatic carbocycles. The molecule has 0 radical (unpaired) electrons. The van der Waals surface area contributed by atoms with Crippen LogP contribution < -0.4 is 5.32 Å². The maximum absolute atomic E-state index is 11.8. The molecule has 0 saturated carbocycles. The lowest BCUT2D eigenvalue weighted by Gasteiger charge is -2.23. The average Bonchev–Trinajstić information content (AvgIpc) is 2.17. The highest BCUT2D eigenvalue weighted by molar-refractivity contribution is 5.91. The molecule has 0 spiro atoms. The highest BCUT2D eigenvalue weighted by atomic mass is 16.1. The van der Waals surface area contributed by atoms with Gasteiger partial charge in [-0.25, -0.2) is 0 Å². The molecule has 1 aromatic rings. The Hall–Kier alpha value is -1.31. The van der Waals surface area contributed by atoms with Crippen LogP contribution in [0.1, 0.15) is 40.0 Å². The molecular formula is C14H21NO. The molecule has 88 valence electrons. The van der Waals surface area contributed by atoms with Gasteiger partial charge in [-0.1, -0.05) is 45.4 Å². The van der Waals surface area contributed by atoms with E-state index < -0.39 is 0 Å². The van der Waals surface area contributed by atoms with Crippen LogP contribution in [-0.4, -0.2) is 5.91 Å². The van der Waals surface area contributed by atoms with Gasteiger partial charge in [0.25, 0.3) is 0 Å². The van der Waals surface area contributed by atoms with Gasteiger partial charge in [-0.05, 0) is 24.0 Å². The highest BCUT2D eigenvalue weighted by Crippen LogP contribution is 2.26. The zero-order chi connectivity index (χ0) is 12.0. The molecule has 0 saturated heterocycles. The smallest absolute Gasteiger partial charge is 0.224 e. The quantitative estimate of drug-likeness (QED) is 0.801. The topological polar surface area (TPSA) is 29.1 Å². The normalized spacial score (nSPS) is 11.2. The van der Waals surface area contributed by atoms with Gasteiger partial charge in [0.2, 0.25) is 5.91 Å². The molecule has 0 fully saturated rings. The fraction of sp³-hybridized carbons (Fsp3) is 0.500. The number of hydrogen-bond acceptors (Lipinski definition) is 1. The monoisotopic (exact) mass is 219 g/mol. The Labute approximate surface area is 98.1 Å². The Morgan fingerprint density at radius 1 is 1.25 bits per heavy atom. The molecule has 0 bridgehead atoms. The summed E-state index contributed by atoms with van der Waals surface area (Å²) in [5, 5.41) is 2.92. The number of rotatable bonds is 5. The number of benzene rings is 1. The molecule has 2 nitrogen and oxygen atoms in total. The number of hydrogen-bond donors (Lipinski definition) is 1. The van der Waals surface area contributed by atoms with Gasteiger partial charge in [0.1, 0.15) is 0 Å². The van der Waals surface area contributed by atoms with Crippen LogP contribution in [0.5, 0.6) is 0 Å². The van der Waals surface area contributed by atoms with Crippen LogP contribution in [0.2, 0.25) is 0 Å². The van der Waals surface area contributed by atoms with E-state index in [1.54, 1.807) is 0 Å².